The van der Waals surface area contributed by atoms with Crippen molar-refractivity contribution in [3.8, 4) is 0 Å². The fourth-order valence-corrected chi connectivity index (χ4v) is 2.01. The van der Waals surface area contributed by atoms with E-state index in [1.54, 1.807) is 7.11 Å². The van der Waals surface area contributed by atoms with E-state index < -0.39 is 0 Å². The summed E-state index contributed by atoms with van der Waals surface area (Å²) in [5.74, 6) is 0.683. The Bertz CT molecular complexity index is 117. The van der Waals surface area contributed by atoms with Crippen molar-refractivity contribution in [2.24, 2.45) is 11.7 Å². The highest BCUT2D eigenvalue weighted by Gasteiger charge is 2.31. The predicted octanol–water partition coefficient (Wildman–Crippen LogP) is 1.54. The zero-order valence-electron chi connectivity index (χ0n) is 7.60. The second kappa shape index (κ2) is 3.55. The third kappa shape index (κ3) is 2.17. The summed E-state index contributed by atoms with van der Waals surface area (Å²) in [6.45, 7) is 2.80. The zero-order chi connectivity index (χ0) is 8.32. The molecule has 1 atom stereocenters. The highest BCUT2D eigenvalue weighted by atomic mass is 16.5. The summed E-state index contributed by atoms with van der Waals surface area (Å²) in [7, 11) is 1.72. The molecule has 1 fully saturated rings. The molecule has 0 aromatic rings. The molecule has 0 bridgehead atoms. The van der Waals surface area contributed by atoms with Crippen molar-refractivity contribution in [2.45, 2.75) is 38.1 Å². The van der Waals surface area contributed by atoms with Crippen LogP contribution >= 0.6 is 0 Å². The third-order valence-electron chi connectivity index (χ3n) is 2.74. The molecule has 0 saturated heterocycles. The van der Waals surface area contributed by atoms with Crippen LogP contribution in [0.2, 0.25) is 0 Å². The molecule has 1 saturated carbocycles. The first-order valence-corrected chi connectivity index (χ1v) is 4.44. The number of rotatable bonds is 3. The molecule has 1 rings (SSSR count). The summed E-state index contributed by atoms with van der Waals surface area (Å²) in [6, 6.07) is 0. The first-order chi connectivity index (χ1) is 5.17. The Kier molecular flexibility index (Phi) is 2.90. The van der Waals surface area contributed by atoms with Crippen molar-refractivity contribution in [3.05, 3.63) is 0 Å². The van der Waals surface area contributed by atoms with Gasteiger partial charge in [0.1, 0.15) is 0 Å². The summed E-state index contributed by atoms with van der Waals surface area (Å²) < 4.78 is 5.09. The van der Waals surface area contributed by atoms with Gasteiger partial charge in [0.2, 0.25) is 0 Å². The monoisotopic (exact) mass is 157 g/mol. The van der Waals surface area contributed by atoms with Gasteiger partial charge in [-0.05, 0) is 25.7 Å². The van der Waals surface area contributed by atoms with E-state index in [4.69, 9.17) is 10.5 Å². The molecule has 0 spiro atoms. The lowest BCUT2D eigenvalue weighted by Gasteiger charge is -2.30. The largest absolute Gasteiger partial charge is 0.383 e. The van der Waals surface area contributed by atoms with Crippen LogP contribution in [0.4, 0.5) is 0 Å². The minimum absolute atomic E-state index is 0.0920. The highest BCUT2D eigenvalue weighted by molar-refractivity contribution is 4.89. The molecule has 2 N–H and O–H groups in total. The highest BCUT2D eigenvalue weighted by Crippen LogP contribution is 2.32. The smallest absolute Gasteiger partial charge is 0.0642 e. The van der Waals surface area contributed by atoms with E-state index in [1.165, 1.54) is 25.7 Å². The lowest BCUT2D eigenvalue weighted by Crippen LogP contribution is -2.47. The average Bonchev–Trinajstić information content (AvgIpc) is 2.37. The van der Waals surface area contributed by atoms with Crippen LogP contribution in [0, 0.1) is 5.92 Å². The third-order valence-corrected chi connectivity index (χ3v) is 2.74. The fraction of sp³-hybridized carbons (Fsp3) is 1.00. The van der Waals surface area contributed by atoms with Crippen molar-refractivity contribution in [2.75, 3.05) is 13.7 Å². The Morgan fingerprint density at radius 3 is 2.45 bits per heavy atom. The SMILES string of the molecule is COCC(C)(N)C1CCCC1. The molecule has 66 valence electrons. The normalized spacial score (nSPS) is 25.4. The van der Waals surface area contributed by atoms with Crippen LogP contribution in [0.15, 0.2) is 0 Å². The lowest BCUT2D eigenvalue weighted by atomic mass is 9.86. The number of ether oxygens (including phenoxy) is 1. The Morgan fingerprint density at radius 2 is 2.00 bits per heavy atom. The fourth-order valence-electron chi connectivity index (χ4n) is 2.01. The van der Waals surface area contributed by atoms with Crippen LogP contribution < -0.4 is 5.73 Å². The van der Waals surface area contributed by atoms with E-state index in [0.29, 0.717) is 12.5 Å². The van der Waals surface area contributed by atoms with E-state index in [0.717, 1.165) is 0 Å². The van der Waals surface area contributed by atoms with Gasteiger partial charge in [-0.25, -0.2) is 0 Å². The van der Waals surface area contributed by atoms with Crippen LogP contribution in [-0.4, -0.2) is 19.3 Å². The lowest BCUT2D eigenvalue weighted by molar-refractivity contribution is 0.107. The van der Waals surface area contributed by atoms with Crippen molar-refractivity contribution < 1.29 is 4.74 Å². The van der Waals surface area contributed by atoms with E-state index in [9.17, 15) is 0 Å². The molecule has 0 aromatic heterocycles. The molecule has 11 heavy (non-hydrogen) atoms. The van der Waals surface area contributed by atoms with Gasteiger partial charge in [-0.1, -0.05) is 12.8 Å². The molecule has 2 heteroatoms. The number of methoxy groups -OCH3 is 1. The molecule has 0 aliphatic heterocycles. The second-order valence-corrected chi connectivity index (χ2v) is 3.92. The van der Waals surface area contributed by atoms with E-state index >= 15 is 0 Å². The Morgan fingerprint density at radius 1 is 1.45 bits per heavy atom. The van der Waals surface area contributed by atoms with Gasteiger partial charge in [0.25, 0.3) is 0 Å². The van der Waals surface area contributed by atoms with Gasteiger partial charge in [-0.15, -0.1) is 0 Å². The van der Waals surface area contributed by atoms with Crippen LogP contribution in [0.3, 0.4) is 0 Å². The van der Waals surface area contributed by atoms with Crippen molar-refractivity contribution >= 4 is 0 Å². The number of hydrogen-bond donors (Lipinski definition) is 1. The van der Waals surface area contributed by atoms with E-state index in [2.05, 4.69) is 6.92 Å². The number of nitrogens with two attached hydrogens (primary N) is 1. The maximum absolute atomic E-state index is 6.11. The molecular formula is C9H19NO. The van der Waals surface area contributed by atoms with Gasteiger partial charge >= 0.3 is 0 Å². The topological polar surface area (TPSA) is 35.2 Å². The standard InChI is InChI=1S/C9H19NO/c1-9(10,7-11-2)8-5-3-4-6-8/h8H,3-7,10H2,1-2H3. The molecular weight excluding hydrogens is 138 g/mol. The first-order valence-electron chi connectivity index (χ1n) is 4.44. The molecule has 2 nitrogen and oxygen atoms in total. The summed E-state index contributed by atoms with van der Waals surface area (Å²) >= 11 is 0. The summed E-state index contributed by atoms with van der Waals surface area (Å²) in [4.78, 5) is 0. The molecule has 1 unspecified atom stereocenters. The van der Waals surface area contributed by atoms with Gasteiger partial charge in [0.05, 0.1) is 6.61 Å². The predicted molar refractivity (Wildman–Crippen MR) is 46.4 cm³/mol. The van der Waals surface area contributed by atoms with Gasteiger partial charge < -0.3 is 10.5 Å². The van der Waals surface area contributed by atoms with Crippen molar-refractivity contribution in [1.29, 1.82) is 0 Å². The van der Waals surface area contributed by atoms with Crippen molar-refractivity contribution in [3.63, 3.8) is 0 Å². The first kappa shape index (κ1) is 9.01. The van der Waals surface area contributed by atoms with Crippen LogP contribution in [-0.2, 0) is 4.74 Å². The maximum atomic E-state index is 6.11. The molecule has 0 heterocycles. The molecule has 1 aliphatic carbocycles. The quantitative estimate of drug-likeness (QED) is 0.674. The summed E-state index contributed by atoms with van der Waals surface area (Å²) in [5, 5.41) is 0. The Balaban J connectivity index is 2.41. The molecule has 0 radical (unpaired) electrons. The zero-order valence-corrected chi connectivity index (χ0v) is 7.60. The van der Waals surface area contributed by atoms with E-state index in [1.807, 2.05) is 0 Å². The average molecular weight is 157 g/mol. The minimum Gasteiger partial charge on any atom is -0.383 e. The van der Waals surface area contributed by atoms with Gasteiger partial charge in [0.15, 0.2) is 0 Å². The van der Waals surface area contributed by atoms with E-state index in [-0.39, 0.29) is 5.54 Å². The van der Waals surface area contributed by atoms with Crippen molar-refractivity contribution in [1.82, 2.24) is 0 Å². The Labute approximate surface area is 69.1 Å². The van der Waals surface area contributed by atoms with Gasteiger partial charge in [0, 0.05) is 12.6 Å². The summed E-state index contributed by atoms with van der Waals surface area (Å²) in [5.41, 5.74) is 6.02. The minimum atomic E-state index is -0.0920. The molecule has 0 aromatic carbocycles. The van der Waals surface area contributed by atoms with Crippen LogP contribution in [0.1, 0.15) is 32.6 Å². The molecule has 1 aliphatic rings. The molecule has 0 amide bonds. The van der Waals surface area contributed by atoms with Gasteiger partial charge in [-0.2, -0.15) is 0 Å². The second-order valence-electron chi connectivity index (χ2n) is 3.92. The van der Waals surface area contributed by atoms with Gasteiger partial charge in [-0.3, -0.25) is 0 Å². The summed E-state index contributed by atoms with van der Waals surface area (Å²) in [6.07, 6.45) is 5.27. The van der Waals surface area contributed by atoms with Crippen LogP contribution in [0.25, 0.3) is 0 Å². The number of hydrogen-bond acceptors (Lipinski definition) is 2. The maximum Gasteiger partial charge on any atom is 0.0642 e. The van der Waals surface area contributed by atoms with Crippen LogP contribution in [0.5, 0.6) is 0 Å². The Hall–Kier alpha value is -0.0800.